The van der Waals surface area contributed by atoms with E-state index < -0.39 is 17.5 Å². The number of carbonyl (C=O) groups excluding carboxylic acids is 1. The Bertz CT molecular complexity index is 1030. The molecule has 6 nitrogen and oxygen atoms in total. The van der Waals surface area contributed by atoms with E-state index in [4.69, 9.17) is 13.9 Å². The number of aryl methyl sites for hydroxylation is 1. The fourth-order valence-corrected chi connectivity index (χ4v) is 2.68. The molecule has 1 aromatic heterocycles. The van der Waals surface area contributed by atoms with Gasteiger partial charge in [-0.25, -0.2) is 13.8 Å². The Kier molecular flexibility index (Phi) is 4.23. The number of oxazole rings is 1. The fourth-order valence-electron chi connectivity index (χ4n) is 2.68. The van der Waals surface area contributed by atoms with Crippen LogP contribution in [0.2, 0.25) is 0 Å². The lowest BCUT2D eigenvalue weighted by molar-refractivity contribution is -0.115. The summed E-state index contributed by atoms with van der Waals surface area (Å²) in [7, 11) is 0. The van der Waals surface area contributed by atoms with Crippen molar-refractivity contribution in [1.82, 2.24) is 4.98 Å². The van der Waals surface area contributed by atoms with Gasteiger partial charge in [-0.1, -0.05) is 0 Å². The van der Waals surface area contributed by atoms with Crippen LogP contribution in [0.15, 0.2) is 40.8 Å². The van der Waals surface area contributed by atoms with Gasteiger partial charge >= 0.3 is 0 Å². The smallest absolute Gasteiger partial charge is 0.231 e. The van der Waals surface area contributed by atoms with Crippen molar-refractivity contribution in [2.24, 2.45) is 0 Å². The zero-order valence-electron chi connectivity index (χ0n) is 14.2. The molecule has 2 aromatic carbocycles. The van der Waals surface area contributed by atoms with Gasteiger partial charge in [0.15, 0.2) is 11.5 Å². The summed E-state index contributed by atoms with van der Waals surface area (Å²) in [6.07, 6.45) is -0.114. The molecule has 0 saturated heterocycles. The summed E-state index contributed by atoms with van der Waals surface area (Å²) in [5, 5.41) is 2.40. The monoisotopic (exact) mass is 372 g/mol. The van der Waals surface area contributed by atoms with Crippen molar-refractivity contribution < 1.29 is 27.5 Å². The topological polar surface area (TPSA) is 73.6 Å². The summed E-state index contributed by atoms with van der Waals surface area (Å²) < 4.78 is 42.8. The van der Waals surface area contributed by atoms with E-state index in [1.807, 2.05) is 0 Å². The van der Waals surface area contributed by atoms with Gasteiger partial charge in [-0.15, -0.1) is 0 Å². The van der Waals surface area contributed by atoms with Gasteiger partial charge in [0.1, 0.15) is 17.4 Å². The van der Waals surface area contributed by atoms with E-state index in [0.29, 0.717) is 40.5 Å². The summed E-state index contributed by atoms with van der Waals surface area (Å²) in [4.78, 5) is 16.5. The van der Waals surface area contributed by atoms with Gasteiger partial charge in [-0.2, -0.15) is 0 Å². The van der Waals surface area contributed by atoms with E-state index in [2.05, 4.69) is 10.3 Å². The minimum absolute atomic E-state index is 0.0986. The molecule has 0 atom stereocenters. The number of rotatable bonds is 4. The van der Waals surface area contributed by atoms with Gasteiger partial charge in [0.25, 0.3) is 0 Å². The van der Waals surface area contributed by atoms with Crippen LogP contribution in [0.1, 0.15) is 11.5 Å². The third-order valence-electron chi connectivity index (χ3n) is 4.05. The highest BCUT2D eigenvalue weighted by atomic mass is 19.1. The number of ether oxygens (including phenoxy) is 2. The number of nitrogens with zero attached hydrogens (tertiary/aromatic N) is 1. The van der Waals surface area contributed by atoms with Crippen LogP contribution in [0, 0.1) is 18.6 Å². The van der Waals surface area contributed by atoms with Crippen molar-refractivity contribution in [3.8, 4) is 23.0 Å². The number of fused-ring (bicyclic) bond motifs is 1. The first-order chi connectivity index (χ1) is 13.0. The molecule has 1 aliphatic rings. The van der Waals surface area contributed by atoms with Crippen molar-refractivity contribution >= 4 is 11.6 Å². The molecular formula is C19H14F2N2O4. The zero-order valence-corrected chi connectivity index (χ0v) is 14.2. The largest absolute Gasteiger partial charge is 0.454 e. The predicted molar refractivity (Wildman–Crippen MR) is 91.5 cm³/mol. The van der Waals surface area contributed by atoms with Crippen LogP contribution in [0.3, 0.4) is 0 Å². The first-order valence-electron chi connectivity index (χ1n) is 8.11. The van der Waals surface area contributed by atoms with E-state index in [-0.39, 0.29) is 18.9 Å². The van der Waals surface area contributed by atoms with E-state index in [1.54, 1.807) is 25.1 Å². The summed E-state index contributed by atoms with van der Waals surface area (Å²) in [6.45, 7) is 1.85. The Morgan fingerprint density at radius 1 is 1.15 bits per heavy atom. The SMILES string of the molecule is Cc1oc(-c2ccc3c(c2)OCO3)nc1CC(=O)Nc1ccc(F)cc1F. The van der Waals surface area contributed by atoms with E-state index in [9.17, 15) is 13.6 Å². The summed E-state index contributed by atoms with van der Waals surface area (Å²) in [5.74, 6) is -0.0158. The van der Waals surface area contributed by atoms with E-state index >= 15 is 0 Å². The second-order valence-corrected chi connectivity index (χ2v) is 5.94. The Balaban J connectivity index is 1.50. The van der Waals surface area contributed by atoms with Crippen molar-refractivity contribution in [3.05, 3.63) is 59.5 Å². The predicted octanol–water partition coefficient (Wildman–Crippen LogP) is 3.84. The van der Waals surface area contributed by atoms with Crippen LogP contribution in [0.5, 0.6) is 11.5 Å². The number of anilines is 1. The molecule has 0 saturated carbocycles. The van der Waals surface area contributed by atoms with Crippen molar-refractivity contribution in [2.75, 3.05) is 12.1 Å². The van der Waals surface area contributed by atoms with Gasteiger partial charge in [-0.05, 0) is 37.3 Å². The van der Waals surface area contributed by atoms with Crippen molar-refractivity contribution in [1.29, 1.82) is 0 Å². The molecule has 27 heavy (non-hydrogen) atoms. The van der Waals surface area contributed by atoms with Crippen LogP contribution in [-0.4, -0.2) is 17.7 Å². The number of benzene rings is 2. The quantitative estimate of drug-likeness (QED) is 0.753. The number of hydrogen-bond donors (Lipinski definition) is 1. The van der Waals surface area contributed by atoms with Crippen LogP contribution < -0.4 is 14.8 Å². The van der Waals surface area contributed by atoms with E-state index in [0.717, 1.165) is 12.1 Å². The standard InChI is InChI=1S/C19H14F2N2O4/c1-10-15(8-18(24)22-14-4-3-12(20)7-13(14)21)23-19(27-10)11-2-5-16-17(6-11)26-9-25-16/h2-7H,8-9H2,1H3,(H,22,24). The molecule has 0 fully saturated rings. The van der Waals surface area contributed by atoms with Gasteiger partial charge in [-0.3, -0.25) is 4.79 Å². The lowest BCUT2D eigenvalue weighted by atomic mass is 10.2. The average molecular weight is 372 g/mol. The molecule has 8 heteroatoms. The molecule has 0 aliphatic carbocycles. The highest BCUT2D eigenvalue weighted by Gasteiger charge is 2.19. The van der Waals surface area contributed by atoms with Gasteiger partial charge in [0.05, 0.1) is 17.8 Å². The number of aromatic nitrogens is 1. The molecule has 3 aromatic rings. The third-order valence-corrected chi connectivity index (χ3v) is 4.05. The molecule has 2 heterocycles. The first kappa shape index (κ1) is 17.0. The highest BCUT2D eigenvalue weighted by Crippen LogP contribution is 2.36. The maximum Gasteiger partial charge on any atom is 0.231 e. The Morgan fingerprint density at radius 2 is 1.96 bits per heavy atom. The molecular weight excluding hydrogens is 358 g/mol. The molecule has 138 valence electrons. The minimum atomic E-state index is -0.846. The normalized spacial score (nSPS) is 12.3. The van der Waals surface area contributed by atoms with Crippen molar-refractivity contribution in [2.45, 2.75) is 13.3 Å². The van der Waals surface area contributed by atoms with Crippen LogP contribution in [0.4, 0.5) is 14.5 Å². The van der Waals surface area contributed by atoms with Gasteiger partial charge < -0.3 is 19.2 Å². The minimum Gasteiger partial charge on any atom is -0.454 e. The number of halogens is 2. The molecule has 0 spiro atoms. The molecule has 1 amide bonds. The summed E-state index contributed by atoms with van der Waals surface area (Å²) in [6, 6.07) is 8.20. The molecule has 1 N–H and O–H groups in total. The number of hydrogen-bond acceptors (Lipinski definition) is 5. The van der Waals surface area contributed by atoms with Crippen molar-refractivity contribution in [3.63, 3.8) is 0 Å². The maximum absolute atomic E-state index is 13.7. The summed E-state index contributed by atoms with van der Waals surface area (Å²) >= 11 is 0. The van der Waals surface area contributed by atoms with Gasteiger partial charge in [0.2, 0.25) is 18.6 Å². The lowest BCUT2D eigenvalue weighted by Crippen LogP contribution is -2.16. The summed E-state index contributed by atoms with van der Waals surface area (Å²) in [5.41, 5.74) is 1.000. The number of carbonyl (C=O) groups is 1. The lowest BCUT2D eigenvalue weighted by Gasteiger charge is -2.05. The first-order valence-corrected chi connectivity index (χ1v) is 8.11. The Morgan fingerprint density at radius 3 is 2.78 bits per heavy atom. The molecule has 4 rings (SSSR count). The molecule has 0 radical (unpaired) electrons. The molecule has 1 aliphatic heterocycles. The Hall–Kier alpha value is -3.42. The second kappa shape index (κ2) is 6.71. The molecule has 0 unspecified atom stereocenters. The highest BCUT2D eigenvalue weighted by molar-refractivity contribution is 5.92. The maximum atomic E-state index is 13.7. The van der Waals surface area contributed by atoms with Crippen LogP contribution in [0.25, 0.3) is 11.5 Å². The average Bonchev–Trinajstić information content (AvgIpc) is 3.23. The fraction of sp³-hybridized carbons (Fsp3) is 0.158. The number of amides is 1. The van der Waals surface area contributed by atoms with Gasteiger partial charge in [0, 0.05) is 11.6 Å². The third kappa shape index (κ3) is 3.46. The zero-order chi connectivity index (χ0) is 19.0. The van der Waals surface area contributed by atoms with Crippen LogP contribution in [-0.2, 0) is 11.2 Å². The molecule has 0 bridgehead atoms. The Labute approximate surface area is 152 Å². The second-order valence-electron chi connectivity index (χ2n) is 5.94. The number of nitrogens with one attached hydrogen (secondary N) is 1. The van der Waals surface area contributed by atoms with E-state index in [1.165, 1.54) is 0 Å². The van der Waals surface area contributed by atoms with Crippen LogP contribution >= 0.6 is 0 Å².